The summed E-state index contributed by atoms with van der Waals surface area (Å²) in [5.74, 6) is 0. The molecule has 0 radical (unpaired) electrons. The van der Waals surface area contributed by atoms with Crippen LogP contribution >= 0.6 is 0 Å². The highest BCUT2D eigenvalue weighted by molar-refractivity contribution is 5.70. The molecular weight excluding hydrogens is 410 g/mol. The molecule has 176 valence electrons. The van der Waals surface area contributed by atoms with Gasteiger partial charge < -0.3 is 4.90 Å². The number of benzene rings is 2. The second-order valence-corrected chi connectivity index (χ2v) is 10.9. The fourth-order valence-corrected chi connectivity index (χ4v) is 5.61. The summed E-state index contributed by atoms with van der Waals surface area (Å²) in [5.41, 5.74) is 12.1. The van der Waals surface area contributed by atoms with Crippen molar-refractivity contribution in [3.63, 3.8) is 0 Å². The molecule has 0 atom stereocenters. The van der Waals surface area contributed by atoms with E-state index in [-0.39, 0.29) is 10.8 Å². The molecule has 0 saturated heterocycles. The molecule has 34 heavy (non-hydrogen) atoms. The van der Waals surface area contributed by atoms with Crippen LogP contribution in [0.3, 0.4) is 0 Å². The van der Waals surface area contributed by atoms with Gasteiger partial charge in [0.2, 0.25) is 0 Å². The van der Waals surface area contributed by atoms with Gasteiger partial charge in [-0.2, -0.15) is 0 Å². The smallest absolute Gasteiger partial charge is 0.0447 e. The molecule has 1 heterocycles. The first-order chi connectivity index (χ1) is 16.0. The first-order valence-electron chi connectivity index (χ1n) is 12.4. The van der Waals surface area contributed by atoms with Crippen LogP contribution in [0, 0.1) is 6.92 Å². The Labute approximate surface area is 206 Å². The molecule has 0 bridgehead atoms. The van der Waals surface area contributed by atoms with Crippen molar-refractivity contribution in [2.45, 2.75) is 65.2 Å². The van der Waals surface area contributed by atoms with Crippen LogP contribution in [-0.4, -0.2) is 7.05 Å². The molecule has 0 spiro atoms. The van der Waals surface area contributed by atoms with Gasteiger partial charge in [0.25, 0.3) is 0 Å². The summed E-state index contributed by atoms with van der Waals surface area (Å²) >= 11 is 0. The van der Waals surface area contributed by atoms with Crippen LogP contribution in [0.5, 0.6) is 0 Å². The monoisotopic (exact) mass is 449 g/mol. The molecule has 2 aromatic rings. The van der Waals surface area contributed by atoms with Crippen molar-refractivity contribution >= 4 is 5.69 Å². The topological polar surface area (TPSA) is 3.24 Å². The van der Waals surface area contributed by atoms with Crippen molar-refractivity contribution in [1.29, 1.82) is 0 Å². The third-order valence-corrected chi connectivity index (χ3v) is 8.12. The number of allylic oxidation sites excluding steroid dienone is 9. The number of para-hydroxylation sites is 1. The number of anilines is 1. The molecule has 1 aliphatic heterocycles. The Kier molecular flexibility index (Phi) is 6.34. The average molecular weight is 450 g/mol. The zero-order valence-electron chi connectivity index (χ0n) is 22.0. The third kappa shape index (κ3) is 4.13. The van der Waals surface area contributed by atoms with Gasteiger partial charge in [-0.1, -0.05) is 95.0 Å². The van der Waals surface area contributed by atoms with Crippen LogP contribution in [0.4, 0.5) is 5.69 Å². The minimum absolute atomic E-state index is 0.0141. The van der Waals surface area contributed by atoms with Crippen molar-refractivity contribution < 1.29 is 0 Å². The molecule has 0 N–H and O–H groups in total. The fraction of sp³-hybridized carbons (Fsp3) is 0.333. The Hall–Kier alpha value is -3.06. The number of nitrogens with zero attached hydrogens (tertiary/aromatic N) is 1. The van der Waals surface area contributed by atoms with Crippen molar-refractivity contribution in [3.8, 4) is 0 Å². The summed E-state index contributed by atoms with van der Waals surface area (Å²) in [6.07, 6.45) is 11.4. The average Bonchev–Trinajstić information content (AvgIpc) is 3.25. The van der Waals surface area contributed by atoms with Gasteiger partial charge in [-0.15, -0.1) is 0 Å². The summed E-state index contributed by atoms with van der Waals surface area (Å²) in [7, 11) is 2.19. The van der Waals surface area contributed by atoms with E-state index in [2.05, 4.69) is 133 Å². The Morgan fingerprint density at radius 3 is 2.35 bits per heavy atom. The Bertz CT molecular complexity index is 1240. The Morgan fingerprint density at radius 1 is 0.971 bits per heavy atom. The van der Waals surface area contributed by atoms with E-state index in [1.54, 1.807) is 0 Å². The van der Waals surface area contributed by atoms with Crippen LogP contribution in [-0.2, 0) is 10.8 Å². The maximum absolute atomic E-state index is 4.44. The van der Waals surface area contributed by atoms with Gasteiger partial charge >= 0.3 is 0 Å². The normalized spacial score (nSPS) is 20.1. The van der Waals surface area contributed by atoms with Crippen molar-refractivity contribution in [3.05, 3.63) is 124 Å². The van der Waals surface area contributed by atoms with Gasteiger partial charge in [-0.25, -0.2) is 0 Å². The summed E-state index contributed by atoms with van der Waals surface area (Å²) in [6, 6.07) is 17.4. The van der Waals surface area contributed by atoms with E-state index in [1.165, 1.54) is 44.8 Å². The largest absolute Gasteiger partial charge is 0.347 e. The standard InChI is InChI=1S/C33H39N/c1-23-13-9-10-14-28(23)32(4,5)24(2)17-18-26-19-20-27(25(26)3)21-22-31-33(6,7)29-15-11-12-16-30(29)34(31)8/h9-18,21-22H,2,19-20H2,1,3-8H3/b18-17+,27-21+,31-22+. The lowest BCUT2D eigenvalue weighted by atomic mass is 9.76. The zero-order valence-corrected chi connectivity index (χ0v) is 22.0. The first kappa shape index (κ1) is 24.1. The number of likely N-dealkylation sites (N-methyl/N-ethyl adjacent to an activating group) is 1. The lowest BCUT2D eigenvalue weighted by molar-refractivity contribution is 0.636. The maximum atomic E-state index is 4.44. The highest BCUT2D eigenvalue weighted by Crippen LogP contribution is 2.47. The fourth-order valence-electron chi connectivity index (χ4n) is 5.61. The van der Waals surface area contributed by atoms with E-state index in [1.807, 2.05) is 0 Å². The number of rotatable bonds is 5. The van der Waals surface area contributed by atoms with Crippen LogP contribution in [0.25, 0.3) is 0 Å². The summed E-state index contributed by atoms with van der Waals surface area (Å²) in [4.78, 5) is 2.35. The Morgan fingerprint density at radius 2 is 1.65 bits per heavy atom. The molecule has 0 amide bonds. The molecular formula is C33H39N. The van der Waals surface area contributed by atoms with Crippen molar-refractivity contribution in [2.75, 3.05) is 11.9 Å². The van der Waals surface area contributed by atoms with E-state index in [4.69, 9.17) is 0 Å². The van der Waals surface area contributed by atoms with Crippen LogP contribution in [0.15, 0.2) is 107 Å². The van der Waals surface area contributed by atoms with Gasteiger partial charge in [-0.3, -0.25) is 0 Å². The van der Waals surface area contributed by atoms with Crippen LogP contribution < -0.4 is 4.90 Å². The summed E-state index contributed by atoms with van der Waals surface area (Å²) in [6.45, 7) is 18.1. The molecule has 0 fully saturated rings. The minimum Gasteiger partial charge on any atom is -0.347 e. The number of hydrogen-bond acceptors (Lipinski definition) is 1. The predicted octanol–water partition coefficient (Wildman–Crippen LogP) is 8.73. The summed E-state index contributed by atoms with van der Waals surface area (Å²) in [5, 5.41) is 0. The van der Waals surface area contributed by atoms with Gasteiger partial charge in [-0.05, 0) is 77.8 Å². The number of aryl methyl sites for hydroxylation is 1. The quantitative estimate of drug-likeness (QED) is 0.412. The highest BCUT2D eigenvalue weighted by Gasteiger charge is 2.37. The van der Waals surface area contributed by atoms with E-state index in [9.17, 15) is 0 Å². The maximum Gasteiger partial charge on any atom is 0.0447 e. The van der Waals surface area contributed by atoms with Gasteiger partial charge in [0, 0.05) is 29.3 Å². The molecule has 4 rings (SSSR count). The number of hydrogen-bond donors (Lipinski definition) is 0. The SMILES string of the molecule is C=C(/C=C/C1=C(C)C(=C/C=C2/N(C)c3ccccc3C2(C)C)/CC1)C(C)(C)c1ccccc1C. The van der Waals surface area contributed by atoms with E-state index in [0.717, 1.165) is 18.4 Å². The number of fused-ring (bicyclic) bond motifs is 1. The molecule has 2 aliphatic rings. The molecule has 1 heteroatoms. The second kappa shape index (κ2) is 8.95. The van der Waals surface area contributed by atoms with E-state index >= 15 is 0 Å². The van der Waals surface area contributed by atoms with E-state index in [0.29, 0.717) is 0 Å². The van der Waals surface area contributed by atoms with Gasteiger partial charge in [0.05, 0.1) is 0 Å². The highest BCUT2D eigenvalue weighted by atomic mass is 15.2. The first-order valence-corrected chi connectivity index (χ1v) is 12.4. The summed E-state index contributed by atoms with van der Waals surface area (Å²) < 4.78 is 0. The lowest BCUT2D eigenvalue weighted by Gasteiger charge is -2.28. The minimum atomic E-state index is -0.0916. The van der Waals surface area contributed by atoms with Crippen LogP contribution in [0.1, 0.15) is 64.2 Å². The van der Waals surface area contributed by atoms with Crippen LogP contribution in [0.2, 0.25) is 0 Å². The molecule has 2 aromatic carbocycles. The van der Waals surface area contributed by atoms with Crippen molar-refractivity contribution in [1.82, 2.24) is 0 Å². The third-order valence-electron chi connectivity index (χ3n) is 8.12. The Balaban J connectivity index is 1.56. The molecule has 0 aromatic heterocycles. The lowest BCUT2D eigenvalue weighted by Crippen LogP contribution is -2.22. The second-order valence-electron chi connectivity index (χ2n) is 10.9. The zero-order chi connectivity index (χ0) is 24.7. The van der Waals surface area contributed by atoms with Crippen molar-refractivity contribution in [2.24, 2.45) is 0 Å². The van der Waals surface area contributed by atoms with E-state index < -0.39 is 0 Å². The van der Waals surface area contributed by atoms with Gasteiger partial charge in [0.15, 0.2) is 0 Å². The molecule has 1 aliphatic carbocycles. The molecule has 0 unspecified atom stereocenters. The van der Waals surface area contributed by atoms with Gasteiger partial charge in [0.1, 0.15) is 0 Å². The molecule has 0 saturated carbocycles. The predicted molar refractivity (Wildman–Crippen MR) is 148 cm³/mol. The molecule has 1 nitrogen and oxygen atoms in total.